The summed E-state index contributed by atoms with van der Waals surface area (Å²) in [6.07, 6.45) is 0.894. The summed E-state index contributed by atoms with van der Waals surface area (Å²) < 4.78 is 0. The molecule has 1 aromatic heterocycles. The van der Waals surface area contributed by atoms with E-state index in [2.05, 4.69) is 79.2 Å². The van der Waals surface area contributed by atoms with Crippen LogP contribution in [0.25, 0.3) is 0 Å². The van der Waals surface area contributed by atoms with Crippen molar-refractivity contribution in [3.8, 4) is 0 Å². The van der Waals surface area contributed by atoms with Gasteiger partial charge in [0.05, 0.1) is 12.6 Å². The first-order chi connectivity index (χ1) is 14.0. The summed E-state index contributed by atoms with van der Waals surface area (Å²) in [5.41, 5.74) is 5.70. The van der Waals surface area contributed by atoms with Crippen LogP contribution in [0.1, 0.15) is 59.9 Å². The molecule has 0 aliphatic carbocycles. The van der Waals surface area contributed by atoms with E-state index < -0.39 is 0 Å². The molecule has 2 N–H and O–H groups in total. The lowest BCUT2D eigenvalue weighted by molar-refractivity contribution is -0.115. The Bertz CT molecular complexity index is 930. The van der Waals surface area contributed by atoms with E-state index in [9.17, 15) is 4.79 Å². The number of hydrogen-bond acceptors (Lipinski definition) is 3. The first-order valence-corrected chi connectivity index (χ1v) is 11.1. The lowest BCUT2D eigenvalue weighted by Gasteiger charge is -2.19. The molecule has 3 rings (SSSR count). The highest BCUT2D eigenvalue weighted by atomic mass is 32.1. The number of nitrogens with one attached hydrogen (secondary N) is 2. The summed E-state index contributed by atoms with van der Waals surface area (Å²) in [6, 6.07) is 19.0. The molecule has 0 saturated heterocycles. The second-order valence-corrected chi connectivity index (χ2v) is 8.64. The highest BCUT2D eigenvalue weighted by Crippen LogP contribution is 2.27. The molecule has 3 nitrogen and oxygen atoms in total. The summed E-state index contributed by atoms with van der Waals surface area (Å²) in [7, 11) is 0. The molecule has 1 amide bonds. The van der Waals surface area contributed by atoms with E-state index in [1.54, 1.807) is 11.3 Å². The number of carbonyl (C=O) groups excluding carboxylic acids is 1. The van der Waals surface area contributed by atoms with Crippen LogP contribution < -0.4 is 10.6 Å². The van der Waals surface area contributed by atoms with Crippen molar-refractivity contribution in [2.45, 2.75) is 46.1 Å². The SMILES string of the molecule is CCc1cccc(C)c1NC(=O)CN[C@H](c1ccc(C(C)C)cc1)c1cccs1. The molecule has 2 aromatic carbocycles. The fourth-order valence-corrected chi connectivity index (χ4v) is 4.32. The van der Waals surface area contributed by atoms with Crippen LogP contribution >= 0.6 is 11.3 Å². The van der Waals surface area contributed by atoms with Crippen molar-refractivity contribution >= 4 is 22.9 Å². The van der Waals surface area contributed by atoms with E-state index in [1.807, 2.05) is 19.1 Å². The molecule has 0 saturated carbocycles. The van der Waals surface area contributed by atoms with E-state index in [-0.39, 0.29) is 18.5 Å². The van der Waals surface area contributed by atoms with Crippen molar-refractivity contribution in [2.75, 3.05) is 11.9 Å². The van der Waals surface area contributed by atoms with Crippen LogP contribution in [0, 0.1) is 6.92 Å². The number of benzene rings is 2. The Labute approximate surface area is 178 Å². The van der Waals surface area contributed by atoms with Crippen molar-refractivity contribution in [2.24, 2.45) is 0 Å². The third-order valence-electron chi connectivity index (χ3n) is 5.24. The Morgan fingerprint density at radius 2 is 1.72 bits per heavy atom. The molecule has 4 heteroatoms. The number of hydrogen-bond donors (Lipinski definition) is 2. The van der Waals surface area contributed by atoms with Crippen LogP contribution in [0.4, 0.5) is 5.69 Å². The van der Waals surface area contributed by atoms with Crippen molar-refractivity contribution in [3.05, 3.63) is 87.1 Å². The van der Waals surface area contributed by atoms with Gasteiger partial charge in [0.15, 0.2) is 0 Å². The average Bonchev–Trinajstić information content (AvgIpc) is 3.24. The van der Waals surface area contributed by atoms with Gasteiger partial charge in [0.2, 0.25) is 5.91 Å². The maximum atomic E-state index is 12.7. The minimum Gasteiger partial charge on any atom is -0.324 e. The molecule has 152 valence electrons. The van der Waals surface area contributed by atoms with Crippen LogP contribution in [-0.4, -0.2) is 12.5 Å². The Morgan fingerprint density at radius 1 is 1.00 bits per heavy atom. The lowest BCUT2D eigenvalue weighted by Crippen LogP contribution is -2.32. The van der Waals surface area contributed by atoms with E-state index in [1.165, 1.54) is 16.0 Å². The van der Waals surface area contributed by atoms with Crippen LogP contribution in [-0.2, 0) is 11.2 Å². The number of carbonyl (C=O) groups is 1. The highest BCUT2D eigenvalue weighted by molar-refractivity contribution is 7.10. The van der Waals surface area contributed by atoms with Gasteiger partial charge < -0.3 is 5.32 Å². The predicted octanol–water partition coefficient (Wildman–Crippen LogP) is 6.06. The van der Waals surface area contributed by atoms with Gasteiger partial charge in [-0.2, -0.15) is 0 Å². The van der Waals surface area contributed by atoms with Gasteiger partial charge in [-0.15, -0.1) is 11.3 Å². The normalized spacial score (nSPS) is 12.2. The standard InChI is InChI=1S/C25H30N2OS/c1-5-19-9-6-8-18(4)24(19)27-23(28)16-26-25(22-10-7-15-29-22)21-13-11-20(12-14-21)17(2)3/h6-15,17,25-26H,5,16H2,1-4H3,(H,27,28)/t25-/m1/s1. The number of para-hydroxylation sites is 1. The molecule has 0 radical (unpaired) electrons. The lowest BCUT2D eigenvalue weighted by atomic mass is 9.98. The van der Waals surface area contributed by atoms with E-state index in [0.717, 1.165) is 23.2 Å². The highest BCUT2D eigenvalue weighted by Gasteiger charge is 2.17. The summed E-state index contributed by atoms with van der Waals surface area (Å²) >= 11 is 1.71. The Kier molecular flexibility index (Phi) is 7.24. The van der Waals surface area contributed by atoms with Crippen LogP contribution in [0.5, 0.6) is 0 Å². The molecule has 3 aromatic rings. The van der Waals surface area contributed by atoms with Crippen LogP contribution in [0.15, 0.2) is 60.0 Å². The Hall–Kier alpha value is -2.43. The number of aryl methyl sites for hydroxylation is 2. The van der Waals surface area contributed by atoms with Gasteiger partial charge in [-0.05, 0) is 53.0 Å². The summed E-state index contributed by atoms with van der Waals surface area (Å²) in [4.78, 5) is 13.9. The van der Waals surface area contributed by atoms with Gasteiger partial charge in [-0.1, -0.05) is 69.3 Å². The van der Waals surface area contributed by atoms with Crippen molar-refractivity contribution in [1.29, 1.82) is 0 Å². The molecular formula is C25H30N2OS. The Morgan fingerprint density at radius 3 is 2.34 bits per heavy atom. The van der Waals surface area contributed by atoms with E-state index >= 15 is 0 Å². The second-order valence-electron chi connectivity index (χ2n) is 7.66. The van der Waals surface area contributed by atoms with E-state index in [4.69, 9.17) is 0 Å². The summed E-state index contributed by atoms with van der Waals surface area (Å²) in [5, 5.41) is 8.65. The van der Waals surface area contributed by atoms with Gasteiger partial charge in [0.25, 0.3) is 0 Å². The molecular weight excluding hydrogens is 376 g/mol. The summed E-state index contributed by atoms with van der Waals surface area (Å²) in [5.74, 6) is 0.485. The molecule has 1 atom stereocenters. The smallest absolute Gasteiger partial charge is 0.238 e. The van der Waals surface area contributed by atoms with Gasteiger partial charge in [0, 0.05) is 10.6 Å². The fourth-order valence-electron chi connectivity index (χ4n) is 3.49. The maximum absolute atomic E-state index is 12.7. The van der Waals surface area contributed by atoms with Gasteiger partial charge >= 0.3 is 0 Å². The molecule has 0 unspecified atom stereocenters. The van der Waals surface area contributed by atoms with Gasteiger partial charge in [-0.3, -0.25) is 10.1 Å². The number of rotatable bonds is 8. The average molecular weight is 407 g/mol. The molecule has 0 spiro atoms. The zero-order valence-corrected chi connectivity index (χ0v) is 18.5. The van der Waals surface area contributed by atoms with Crippen molar-refractivity contribution < 1.29 is 4.79 Å². The first-order valence-electron chi connectivity index (χ1n) is 10.2. The topological polar surface area (TPSA) is 41.1 Å². The van der Waals surface area contributed by atoms with Crippen LogP contribution in [0.3, 0.4) is 0 Å². The number of amides is 1. The van der Waals surface area contributed by atoms with Gasteiger partial charge in [0.1, 0.15) is 0 Å². The van der Waals surface area contributed by atoms with Crippen molar-refractivity contribution in [1.82, 2.24) is 5.32 Å². The molecule has 29 heavy (non-hydrogen) atoms. The summed E-state index contributed by atoms with van der Waals surface area (Å²) in [6.45, 7) is 8.80. The zero-order chi connectivity index (χ0) is 20.8. The molecule has 0 aliphatic rings. The third-order valence-corrected chi connectivity index (χ3v) is 6.17. The maximum Gasteiger partial charge on any atom is 0.238 e. The third kappa shape index (κ3) is 5.34. The molecule has 0 fully saturated rings. The van der Waals surface area contributed by atoms with Crippen molar-refractivity contribution in [3.63, 3.8) is 0 Å². The fraction of sp³-hybridized carbons (Fsp3) is 0.320. The monoisotopic (exact) mass is 406 g/mol. The largest absolute Gasteiger partial charge is 0.324 e. The second kappa shape index (κ2) is 9.86. The minimum absolute atomic E-state index is 0.00415. The number of anilines is 1. The van der Waals surface area contributed by atoms with Gasteiger partial charge in [-0.25, -0.2) is 0 Å². The molecule has 1 heterocycles. The van der Waals surface area contributed by atoms with Crippen LogP contribution in [0.2, 0.25) is 0 Å². The number of thiophene rings is 1. The quantitative estimate of drug-likeness (QED) is 0.477. The molecule has 0 bridgehead atoms. The Balaban J connectivity index is 1.73. The minimum atomic E-state index is -0.0191. The zero-order valence-electron chi connectivity index (χ0n) is 17.7. The first kappa shape index (κ1) is 21.3. The predicted molar refractivity (Wildman–Crippen MR) is 124 cm³/mol. The van der Waals surface area contributed by atoms with E-state index in [0.29, 0.717) is 5.92 Å². The molecule has 0 aliphatic heterocycles.